The standard InChI is InChI=1S/C17H24ClN3O3.ClH/c1-23-13-9-12(19)11(18)8-10(13)15(22)20-14-16(24-2)21-17(14)6-4-3-5-7-17;/h8-9,14,16,21H,3-7,19H2,1-2H3,(H,20,22);1H/t14-,16+;/m1./s1. The molecule has 0 radical (unpaired) electrons. The molecule has 0 bridgehead atoms. The monoisotopic (exact) mass is 389 g/mol. The molecule has 5 N–H and O–H groups in total. The second-order valence-electron chi connectivity index (χ2n) is 6.69. The number of nitrogen functional groups attached to an aromatic ring is 1. The molecule has 8 heteroatoms. The first-order valence-corrected chi connectivity index (χ1v) is 8.71. The highest BCUT2D eigenvalue weighted by molar-refractivity contribution is 6.33. The van der Waals surface area contributed by atoms with Crippen LogP contribution in [0.4, 0.5) is 5.69 Å². The molecule has 140 valence electrons. The number of halogens is 2. The Morgan fingerprint density at radius 2 is 2.00 bits per heavy atom. The van der Waals surface area contributed by atoms with Crippen LogP contribution in [-0.4, -0.2) is 37.9 Å². The fourth-order valence-corrected chi connectivity index (χ4v) is 4.15. The van der Waals surface area contributed by atoms with Crippen LogP contribution in [0.5, 0.6) is 5.75 Å². The topological polar surface area (TPSA) is 90.2 Å². The van der Waals surface area contributed by atoms with Gasteiger partial charge in [0.15, 0.2) is 6.04 Å². The zero-order chi connectivity index (χ0) is 17.3. The highest BCUT2D eigenvalue weighted by Crippen LogP contribution is 2.34. The van der Waals surface area contributed by atoms with E-state index in [0.29, 0.717) is 22.0 Å². The minimum absolute atomic E-state index is 0. The van der Waals surface area contributed by atoms with Crippen LogP contribution in [0, 0.1) is 0 Å². The molecule has 0 unspecified atom stereocenters. The van der Waals surface area contributed by atoms with Crippen molar-refractivity contribution < 1.29 is 32.0 Å². The van der Waals surface area contributed by atoms with Crippen molar-refractivity contribution in [1.82, 2.24) is 5.32 Å². The van der Waals surface area contributed by atoms with Crippen molar-refractivity contribution in [3.63, 3.8) is 0 Å². The summed E-state index contributed by atoms with van der Waals surface area (Å²) in [6, 6.07) is 3.12. The third-order valence-corrected chi connectivity index (χ3v) is 5.68. The lowest BCUT2D eigenvalue weighted by Gasteiger charge is -2.52. The molecule has 1 saturated heterocycles. The number of benzene rings is 1. The Hall–Kier alpha value is -1.21. The maximum Gasteiger partial charge on any atom is 0.255 e. The highest BCUT2D eigenvalue weighted by Gasteiger charge is 2.60. The Bertz CT molecular complexity index is 636. The van der Waals surface area contributed by atoms with E-state index in [1.54, 1.807) is 19.2 Å². The Labute approximate surface area is 159 Å². The molecule has 1 aliphatic heterocycles. The van der Waals surface area contributed by atoms with Crippen molar-refractivity contribution in [2.75, 3.05) is 20.0 Å². The van der Waals surface area contributed by atoms with E-state index in [9.17, 15) is 4.79 Å². The zero-order valence-corrected chi connectivity index (χ0v) is 16.0. The summed E-state index contributed by atoms with van der Waals surface area (Å²) in [4.78, 5) is 12.8. The average molecular weight is 390 g/mol. The van der Waals surface area contributed by atoms with Gasteiger partial charge in [-0.3, -0.25) is 4.79 Å². The van der Waals surface area contributed by atoms with E-state index in [4.69, 9.17) is 26.8 Å². The number of quaternary nitrogens is 1. The van der Waals surface area contributed by atoms with Crippen molar-refractivity contribution >= 4 is 23.2 Å². The molecule has 1 amide bonds. The number of nitrogens with two attached hydrogens (primary N) is 2. The molecule has 25 heavy (non-hydrogen) atoms. The van der Waals surface area contributed by atoms with Crippen LogP contribution in [0.1, 0.15) is 42.5 Å². The van der Waals surface area contributed by atoms with Gasteiger partial charge in [-0.15, -0.1) is 0 Å². The van der Waals surface area contributed by atoms with Gasteiger partial charge in [-0.05, 0) is 18.9 Å². The number of ether oxygens (including phenoxy) is 2. The van der Waals surface area contributed by atoms with Gasteiger partial charge < -0.3 is 38.2 Å². The van der Waals surface area contributed by atoms with Crippen LogP contribution in [0.2, 0.25) is 5.02 Å². The molecule has 1 aliphatic carbocycles. The van der Waals surface area contributed by atoms with Crippen LogP contribution in [-0.2, 0) is 4.74 Å². The SMILES string of the molecule is COc1cc(N)c(Cl)cc1C(=O)N[C@@H]1[C@H](OC)[NH2+]C12CCCCC2.[Cl-]. The van der Waals surface area contributed by atoms with Gasteiger partial charge in [-0.25, -0.2) is 0 Å². The number of hydrogen-bond donors (Lipinski definition) is 3. The van der Waals surface area contributed by atoms with E-state index in [1.165, 1.54) is 26.4 Å². The lowest BCUT2D eigenvalue weighted by atomic mass is 9.70. The Morgan fingerprint density at radius 1 is 1.32 bits per heavy atom. The molecule has 2 aliphatic rings. The quantitative estimate of drug-likeness (QED) is 0.534. The summed E-state index contributed by atoms with van der Waals surface area (Å²) in [7, 11) is 3.19. The zero-order valence-electron chi connectivity index (χ0n) is 14.5. The molecule has 2 atom stereocenters. The fourth-order valence-electron chi connectivity index (χ4n) is 3.99. The maximum atomic E-state index is 12.8. The van der Waals surface area contributed by atoms with Crippen LogP contribution in [0.15, 0.2) is 12.1 Å². The number of nitrogens with one attached hydrogen (secondary N) is 1. The van der Waals surface area contributed by atoms with Gasteiger partial charge >= 0.3 is 0 Å². The van der Waals surface area contributed by atoms with E-state index in [-0.39, 0.29) is 36.1 Å². The molecule has 1 aromatic rings. The number of anilines is 1. The Morgan fingerprint density at radius 3 is 2.60 bits per heavy atom. The third kappa shape index (κ3) is 3.67. The van der Waals surface area contributed by atoms with E-state index in [0.717, 1.165) is 12.8 Å². The minimum atomic E-state index is -0.209. The molecule has 0 aromatic heterocycles. The largest absolute Gasteiger partial charge is 1.00 e. The van der Waals surface area contributed by atoms with Crippen molar-refractivity contribution in [1.29, 1.82) is 0 Å². The number of amides is 1. The van der Waals surface area contributed by atoms with Gasteiger partial charge in [-0.2, -0.15) is 0 Å². The maximum absolute atomic E-state index is 12.8. The molecule has 1 saturated carbocycles. The van der Waals surface area contributed by atoms with Crippen LogP contribution >= 0.6 is 11.6 Å². The second kappa shape index (κ2) is 7.99. The van der Waals surface area contributed by atoms with Crippen LogP contribution < -0.4 is 33.5 Å². The highest BCUT2D eigenvalue weighted by atomic mass is 35.5. The summed E-state index contributed by atoms with van der Waals surface area (Å²) in [5, 5.41) is 5.74. The number of rotatable bonds is 4. The third-order valence-electron chi connectivity index (χ3n) is 5.35. The van der Waals surface area contributed by atoms with E-state index in [1.807, 2.05) is 0 Å². The molecule has 1 spiro atoms. The summed E-state index contributed by atoms with van der Waals surface area (Å²) < 4.78 is 10.8. The second-order valence-corrected chi connectivity index (χ2v) is 7.09. The minimum Gasteiger partial charge on any atom is -1.00 e. The van der Waals surface area contributed by atoms with Crippen molar-refractivity contribution in [2.24, 2.45) is 0 Å². The first-order valence-electron chi connectivity index (χ1n) is 8.33. The van der Waals surface area contributed by atoms with Crippen molar-refractivity contribution in [3.8, 4) is 5.75 Å². The van der Waals surface area contributed by atoms with E-state index >= 15 is 0 Å². The smallest absolute Gasteiger partial charge is 0.255 e. The summed E-state index contributed by atoms with van der Waals surface area (Å²) >= 11 is 6.08. The lowest BCUT2D eigenvalue weighted by molar-refractivity contribution is -0.855. The summed E-state index contributed by atoms with van der Waals surface area (Å²) in [5.74, 6) is 0.211. The van der Waals surface area contributed by atoms with E-state index in [2.05, 4.69) is 10.6 Å². The van der Waals surface area contributed by atoms with Gasteiger partial charge in [0, 0.05) is 26.0 Å². The molecule has 1 heterocycles. The predicted molar refractivity (Wildman–Crippen MR) is 92.2 cm³/mol. The van der Waals surface area contributed by atoms with Crippen LogP contribution in [0.25, 0.3) is 0 Å². The van der Waals surface area contributed by atoms with Crippen LogP contribution in [0.3, 0.4) is 0 Å². The summed E-state index contributed by atoms with van der Waals surface area (Å²) in [6.45, 7) is 0. The molecule has 3 rings (SSSR count). The number of carbonyl (C=O) groups is 1. The normalized spacial score (nSPS) is 24.1. The number of hydrogen-bond acceptors (Lipinski definition) is 4. The van der Waals surface area contributed by atoms with Gasteiger partial charge in [0.1, 0.15) is 11.3 Å². The first kappa shape index (κ1) is 20.1. The predicted octanol–water partition coefficient (Wildman–Crippen LogP) is -1.71. The van der Waals surface area contributed by atoms with Crippen molar-refractivity contribution in [2.45, 2.75) is 49.9 Å². The van der Waals surface area contributed by atoms with Gasteiger partial charge in [0.05, 0.1) is 23.4 Å². The van der Waals surface area contributed by atoms with E-state index < -0.39 is 0 Å². The van der Waals surface area contributed by atoms with Gasteiger partial charge in [0.25, 0.3) is 5.91 Å². The summed E-state index contributed by atoms with van der Waals surface area (Å²) in [6.07, 6.45) is 5.78. The van der Waals surface area contributed by atoms with Gasteiger partial charge in [0.2, 0.25) is 6.23 Å². The molecule has 1 aromatic carbocycles. The Balaban J connectivity index is 0.00000225. The Kier molecular flexibility index (Phi) is 6.43. The molecule has 2 fully saturated rings. The first-order chi connectivity index (χ1) is 11.5. The lowest BCUT2D eigenvalue weighted by Crippen LogP contribution is -3.17. The van der Waals surface area contributed by atoms with Crippen molar-refractivity contribution in [3.05, 3.63) is 22.7 Å². The molecule has 6 nitrogen and oxygen atoms in total. The molecular formula is C17H25Cl2N3O3. The number of methoxy groups -OCH3 is 2. The molecular weight excluding hydrogens is 365 g/mol. The summed E-state index contributed by atoms with van der Waals surface area (Å²) in [5.41, 5.74) is 6.63. The fraction of sp³-hybridized carbons (Fsp3) is 0.588. The van der Waals surface area contributed by atoms with Gasteiger partial charge in [-0.1, -0.05) is 18.0 Å². The number of carbonyl (C=O) groups excluding carboxylic acids is 1. The average Bonchev–Trinajstić information content (AvgIpc) is 2.60.